The van der Waals surface area contributed by atoms with E-state index in [0.717, 1.165) is 5.56 Å². The number of carboxylic acids is 1. The van der Waals surface area contributed by atoms with Crippen LogP contribution in [0.15, 0.2) is 24.3 Å². The lowest BCUT2D eigenvalue weighted by molar-refractivity contribution is -0.148. The third kappa shape index (κ3) is 4.81. The van der Waals surface area contributed by atoms with Crippen LogP contribution in [-0.4, -0.2) is 46.9 Å². The Kier molecular flexibility index (Phi) is 5.82. The highest BCUT2D eigenvalue weighted by atomic mass is 16.4. The molecule has 0 saturated carbocycles. The molecular formula is C19H26N2O4. The number of nitrogens with one attached hydrogen (secondary N) is 1. The van der Waals surface area contributed by atoms with E-state index in [1.165, 1.54) is 4.90 Å². The van der Waals surface area contributed by atoms with Gasteiger partial charge in [-0.25, -0.2) is 4.79 Å². The number of carbonyl (C=O) groups is 3. The van der Waals surface area contributed by atoms with Gasteiger partial charge >= 0.3 is 5.97 Å². The highest BCUT2D eigenvalue weighted by Gasteiger charge is 2.33. The standard InChI is InChI=1S/C19H26N2O4/c1-19(2,3)14-8-6-13(7-9-14)17(23)20-11-10-16(22)21-12-4-5-15(21)18(24)25/h6-9,15H,4-5,10-12H2,1-3H3,(H,20,23)(H,24,25)/t15-/m0/s1. The lowest BCUT2D eigenvalue weighted by Gasteiger charge is -2.21. The number of rotatable bonds is 5. The quantitative estimate of drug-likeness (QED) is 0.855. The molecular weight excluding hydrogens is 320 g/mol. The van der Waals surface area contributed by atoms with Crippen molar-refractivity contribution in [2.45, 2.75) is 51.5 Å². The van der Waals surface area contributed by atoms with Crippen molar-refractivity contribution in [1.82, 2.24) is 10.2 Å². The van der Waals surface area contributed by atoms with Crippen LogP contribution >= 0.6 is 0 Å². The first kappa shape index (κ1) is 19.0. The fraction of sp³-hybridized carbons (Fsp3) is 0.526. The normalized spacial score (nSPS) is 17.4. The third-order valence-corrected chi connectivity index (χ3v) is 4.50. The van der Waals surface area contributed by atoms with E-state index in [-0.39, 0.29) is 30.2 Å². The maximum Gasteiger partial charge on any atom is 0.326 e. The average molecular weight is 346 g/mol. The molecule has 1 aromatic carbocycles. The van der Waals surface area contributed by atoms with Gasteiger partial charge in [0, 0.05) is 25.1 Å². The number of hydrogen-bond acceptors (Lipinski definition) is 3. The summed E-state index contributed by atoms with van der Waals surface area (Å²) in [4.78, 5) is 36.8. The maximum absolute atomic E-state index is 12.2. The second-order valence-electron chi connectivity index (χ2n) is 7.42. The first-order chi connectivity index (χ1) is 11.7. The van der Waals surface area contributed by atoms with Crippen molar-refractivity contribution in [3.8, 4) is 0 Å². The summed E-state index contributed by atoms with van der Waals surface area (Å²) in [6, 6.07) is 6.69. The van der Waals surface area contributed by atoms with E-state index in [4.69, 9.17) is 5.11 Å². The Balaban J connectivity index is 1.84. The van der Waals surface area contributed by atoms with E-state index in [1.54, 1.807) is 12.1 Å². The molecule has 6 nitrogen and oxygen atoms in total. The molecule has 25 heavy (non-hydrogen) atoms. The van der Waals surface area contributed by atoms with Gasteiger partial charge in [-0.05, 0) is 36.0 Å². The van der Waals surface area contributed by atoms with Gasteiger partial charge in [-0.15, -0.1) is 0 Å². The molecule has 0 spiro atoms. The zero-order chi connectivity index (χ0) is 18.6. The van der Waals surface area contributed by atoms with Crippen molar-refractivity contribution < 1.29 is 19.5 Å². The third-order valence-electron chi connectivity index (χ3n) is 4.50. The van der Waals surface area contributed by atoms with Gasteiger partial charge in [0.1, 0.15) is 6.04 Å². The molecule has 6 heteroatoms. The fourth-order valence-corrected chi connectivity index (χ4v) is 2.97. The van der Waals surface area contributed by atoms with E-state index in [1.807, 2.05) is 12.1 Å². The molecule has 1 aliphatic heterocycles. The van der Waals surface area contributed by atoms with Crippen molar-refractivity contribution in [3.63, 3.8) is 0 Å². The van der Waals surface area contributed by atoms with Crippen molar-refractivity contribution in [2.24, 2.45) is 0 Å². The van der Waals surface area contributed by atoms with Crippen LogP contribution in [0.3, 0.4) is 0 Å². The zero-order valence-corrected chi connectivity index (χ0v) is 15.0. The van der Waals surface area contributed by atoms with Gasteiger partial charge in [-0.2, -0.15) is 0 Å². The van der Waals surface area contributed by atoms with Crippen molar-refractivity contribution in [3.05, 3.63) is 35.4 Å². The Hall–Kier alpha value is -2.37. The SMILES string of the molecule is CC(C)(C)c1ccc(C(=O)NCCC(=O)N2CCC[C@H]2C(=O)O)cc1. The number of hydrogen-bond donors (Lipinski definition) is 2. The number of benzene rings is 1. The highest BCUT2D eigenvalue weighted by molar-refractivity contribution is 5.94. The molecule has 0 unspecified atom stereocenters. The summed E-state index contributed by atoms with van der Waals surface area (Å²) in [5.41, 5.74) is 1.72. The molecule has 0 bridgehead atoms. The number of carboxylic acid groups (broad SMARTS) is 1. The Morgan fingerprint density at radius 3 is 2.40 bits per heavy atom. The predicted molar refractivity (Wildman–Crippen MR) is 94.5 cm³/mol. The van der Waals surface area contributed by atoms with E-state index < -0.39 is 12.0 Å². The summed E-state index contributed by atoms with van der Waals surface area (Å²) in [7, 11) is 0. The van der Waals surface area contributed by atoms with Crippen LogP contribution in [0.5, 0.6) is 0 Å². The lowest BCUT2D eigenvalue weighted by Crippen LogP contribution is -2.41. The summed E-state index contributed by atoms with van der Waals surface area (Å²) in [6.45, 7) is 6.99. The van der Waals surface area contributed by atoms with Crippen LogP contribution in [0.25, 0.3) is 0 Å². The van der Waals surface area contributed by atoms with Crippen molar-refractivity contribution in [2.75, 3.05) is 13.1 Å². The van der Waals surface area contributed by atoms with Crippen LogP contribution in [0, 0.1) is 0 Å². The minimum Gasteiger partial charge on any atom is -0.480 e. The predicted octanol–water partition coefficient (Wildman–Crippen LogP) is 2.18. The Bertz CT molecular complexity index is 646. The Morgan fingerprint density at radius 2 is 1.84 bits per heavy atom. The van der Waals surface area contributed by atoms with Crippen LogP contribution in [0.2, 0.25) is 0 Å². The number of carbonyl (C=O) groups excluding carboxylic acids is 2. The molecule has 1 atom stereocenters. The van der Waals surface area contributed by atoms with Crippen molar-refractivity contribution >= 4 is 17.8 Å². The molecule has 2 amide bonds. The van der Waals surface area contributed by atoms with E-state index >= 15 is 0 Å². The first-order valence-corrected chi connectivity index (χ1v) is 8.61. The Morgan fingerprint density at radius 1 is 1.20 bits per heavy atom. The molecule has 2 rings (SSSR count). The van der Waals surface area contributed by atoms with E-state index in [0.29, 0.717) is 24.9 Å². The van der Waals surface area contributed by atoms with Gasteiger partial charge in [0.2, 0.25) is 5.91 Å². The smallest absolute Gasteiger partial charge is 0.326 e. The highest BCUT2D eigenvalue weighted by Crippen LogP contribution is 2.22. The Labute approximate surface area is 148 Å². The van der Waals surface area contributed by atoms with Crippen LogP contribution in [0.4, 0.5) is 0 Å². The van der Waals surface area contributed by atoms with Gasteiger partial charge in [0.15, 0.2) is 0 Å². The summed E-state index contributed by atoms with van der Waals surface area (Å²) in [6.07, 6.45) is 1.30. The minimum atomic E-state index is -0.964. The number of likely N-dealkylation sites (tertiary alicyclic amines) is 1. The van der Waals surface area contributed by atoms with Gasteiger partial charge in [-0.3, -0.25) is 9.59 Å². The van der Waals surface area contributed by atoms with Crippen LogP contribution in [0.1, 0.15) is 56.0 Å². The molecule has 2 N–H and O–H groups in total. The minimum absolute atomic E-state index is 0.0256. The topological polar surface area (TPSA) is 86.7 Å². The van der Waals surface area contributed by atoms with Gasteiger partial charge < -0.3 is 15.3 Å². The molecule has 1 heterocycles. The van der Waals surface area contributed by atoms with E-state index in [9.17, 15) is 14.4 Å². The van der Waals surface area contributed by atoms with Gasteiger partial charge in [0.25, 0.3) is 5.91 Å². The average Bonchev–Trinajstić information content (AvgIpc) is 3.04. The van der Waals surface area contributed by atoms with Crippen LogP contribution < -0.4 is 5.32 Å². The number of nitrogens with zero attached hydrogens (tertiary/aromatic N) is 1. The van der Waals surface area contributed by atoms with Gasteiger partial charge in [0.05, 0.1) is 0 Å². The maximum atomic E-state index is 12.2. The zero-order valence-electron chi connectivity index (χ0n) is 15.0. The molecule has 0 aliphatic carbocycles. The lowest BCUT2D eigenvalue weighted by atomic mass is 9.87. The number of amides is 2. The summed E-state index contributed by atoms with van der Waals surface area (Å²) in [5.74, 6) is -1.42. The summed E-state index contributed by atoms with van der Waals surface area (Å²) >= 11 is 0. The molecule has 136 valence electrons. The second-order valence-corrected chi connectivity index (χ2v) is 7.42. The molecule has 0 radical (unpaired) electrons. The summed E-state index contributed by atoms with van der Waals surface area (Å²) in [5, 5.41) is 11.8. The largest absolute Gasteiger partial charge is 0.480 e. The molecule has 1 aromatic rings. The molecule has 0 aromatic heterocycles. The fourth-order valence-electron chi connectivity index (χ4n) is 2.97. The number of aliphatic carboxylic acids is 1. The van der Waals surface area contributed by atoms with Gasteiger partial charge in [-0.1, -0.05) is 32.9 Å². The first-order valence-electron chi connectivity index (χ1n) is 8.61. The van der Waals surface area contributed by atoms with Crippen molar-refractivity contribution in [1.29, 1.82) is 0 Å². The summed E-state index contributed by atoms with van der Waals surface area (Å²) < 4.78 is 0. The molecule has 1 fully saturated rings. The van der Waals surface area contributed by atoms with Crippen LogP contribution in [-0.2, 0) is 15.0 Å². The molecule has 1 saturated heterocycles. The monoisotopic (exact) mass is 346 g/mol. The second kappa shape index (κ2) is 7.68. The molecule has 1 aliphatic rings. The van der Waals surface area contributed by atoms with E-state index in [2.05, 4.69) is 26.1 Å².